The Hall–Kier alpha value is -2.59. The Bertz CT molecular complexity index is 751. The predicted octanol–water partition coefficient (Wildman–Crippen LogP) is 4.06. The van der Waals surface area contributed by atoms with Gasteiger partial charge in [0.05, 0.1) is 17.0 Å². The molecule has 0 bridgehead atoms. The van der Waals surface area contributed by atoms with Crippen LogP contribution in [0.4, 0.5) is 11.4 Å². The number of halogens is 1. The number of benzene rings is 2. The molecule has 0 radical (unpaired) electrons. The third kappa shape index (κ3) is 2.87. The second kappa shape index (κ2) is 6.03. The summed E-state index contributed by atoms with van der Waals surface area (Å²) in [5.74, 6) is -0.164. The minimum Gasteiger partial charge on any atom is -0.361 e. The first-order valence-corrected chi connectivity index (χ1v) is 7.20. The number of para-hydroxylation sites is 1. The number of nitrogens with one attached hydrogen (secondary N) is 1. The maximum Gasteiger partial charge on any atom is 0.282 e. The Kier molecular flexibility index (Phi) is 3.94. The highest BCUT2D eigenvalue weighted by molar-refractivity contribution is 6.31. The van der Waals surface area contributed by atoms with E-state index >= 15 is 0 Å². The zero-order chi connectivity index (χ0) is 15.5. The van der Waals surface area contributed by atoms with Gasteiger partial charge < -0.3 is 5.32 Å². The minimum atomic E-state index is -0.164. The van der Waals surface area contributed by atoms with Gasteiger partial charge in [0.1, 0.15) is 0 Å². The molecule has 2 aromatic carbocycles. The number of hydrogen-bond donors (Lipinski definition) is 1. The van der Waals surface area contributed by atoms with E-state index in [0.29, 0.717) is 22.0 Å². The summed E-state index contributed by atoms with van der Waals surface area (Å²) in [5, 5.41) is 9.43. The first-order valence-electron chi connectivity index (χ1n) is 6.82. The molecule has 0 saturated carbocycles. The van der Waals surface area contributed by atoms with Crippen LogP contribution < -0.4 is 10.3 Å². The second-order valence-corrected chi connectivity index (χ2v) is 5.28. The van der Waals surface area contributed by atoms with E-state index in [1.54, 1.807) is 30.5 Å². The lowest BCUT2D eigenvalue weighted by molar-refractivity contribution is -0.114. The fourth-order valence-electron chi connectivity index (χ4n) is 2.13. The summed E-state index contributed by atoms with van der Waals surface area (Å²) in [4.78, 5) is 12.5. The van der Waals surface area contributed by atoms with Crippen molar-refractivity contribution in [3.05, 3.63) is 71.4 Å². The van der Waals surface area contributed by atoms with Crippen LogP contribution in [0.5, 0.6) is 0 Å². The van der Waals surface area contributed by atoms with Crippen LogP contribution in [0.1, 0.15) is 6.92 Å². The summed E-state index contributed by atoms with van der Waals surface area (Å²) in [6.45, 7) is 1.81. The van der Waals surface area contributed by atoms with E-state index in [-0.39, 0.29) is 5.91 Å². The molecule has 22 heavy (non-hydrogen) atoms. The molecule has 0 aliphatic carbocycles. The van der Waals surface area contributed by atoms with Crippen molar-refractivity contribution >= 4 is 34.6 Å². The van der Waals surface area contributed by atoms with E-state index in [1.165, 1.54) is 5.01 Å². The first-order chi connectivity index (χ1) is 10.6. The third-order valence-electron chi connectivity index (χ3n) is 3.29. The molecule has 0 atom stereocenters. The molecule has 0 fully saturated rings. The van der Waals surface area contributed by atoms with Crippen molar-refractivity contribution in [1.82, 2.24) is 0 Å². The van der Waals surface area contributed by atoms with E-state index in [1.807, 2.05) is 37.3 Å². The number of carbonyl (C=O) groups excluding carboxylic acids is 1. The SMILES string of the molecule is CC1=NN(c2ccc(Cl)cc2)C(=O)C1=CNc1ccccc1. The summed E-state index contributed by atoms with van der Waals surface area (Å²) in [7, 11) is 0. The zero-order valence-electron chi connectivity index (χ0n) is 12.0. The van der Waals surface area contributed by atoms with E-state index in [2.05, 4.69) is 10.4 Å². The van der Waals surface area contributed by atoms with Crippen LogP contribution in [-0.4, -0.2) is 11.6 Å². The van der Waals surface area contributed by atoms with Gasteiger partial charge in [-0.15, -0.1) is 0 Å². The molecule has 0 aromatic heterocycles. The van der Waals surface area contributed by atoms with Crippen molar-refractivity contribution in [2.24, 2.45) is 5.10 Å². The van der Waals surface area contributed by atoms with Gasteiger partial charge in [-0.2, -0.15) is 10.1 Å². The lowest BCUT2D eigenvalue weighted by atomic mass is 10.2. The Morgan fingerprint density at radius 3 is 2.45 bits per heavy atom. The van der Waals surface area contributed by atoms with Gasteiger partial charge in [0, 0.05) is 16.9 Å². The highest BCUT2D eigenvalue weighted by Crippen LogP contribution is 2.25. The molecule has 1 heterocycles. The van der Waals surface area contributed by atoms with Crippen LogP contribution in [0, 0.1) is 0 Å². The lowest BCUT2D eigenvalue weighted by Gasteiger charge is -2.11. The minimum absolute atomic E-state index is 0.164. The summed E-state index contributed by atoms with van der Waals surface area (Å²) in [6, 6.07) is 16.7. The van der Waals surface area contributed by atoms with E-state index in [4.69, 9.17) is 11.6 Å². The topological polar surface area (TPSA) is 44.7 Å². The fourth-order valence-corrected chi connectivity index (χ4v) is 2.26. The normalized spacial score (nSPS) is 16.1. The molecule has 0 spiro atoms. The lowest BCUT2D eigenvalue weighted by Crippen LogP contribution is -2.21. The van der Waals surface area contributed by atoms with Crippen LogP contribution in [-0.2, 0) is 4.79 Å². The number of nitrogens with zero attached hydrogens (tertiary/aromatic N) is 2. The highest BCUT2D eigenvalue weighted by atomic mass is 35.5. The van der Waals surface area contributed by atoms with Gasteiger partial charge in [-0.3, -0.25) is 4.79 Å². The molecule has 4 nitrogen and oxygen atoms in total. The molecular weight excluding hydrogens is 298 g/mol. The van der Waals surface area contributed by atoms with Crippen LogP contribution in [0.25, 0.3) is 0 Å². The summed E-state index contributed by atoms with van der Waals surface area (Å²) in [5.41, 5.74) is 2.82. The average Bonchev–Trinajstić information content (AvgIpc) is 2.82. The van der Waals surface area contributed by atoms with Crippen molar-refractivity contribution in [3.63, 3.8) is 0 Å². The Labute approximate surface area is 133 Å². The summed E-state index contributed by atoms with van der Waals surface area (Å²) in [6.07, 6.45) is 1.69. The van der Waals surface area contributed by atoms with Crippen molar-refractivity contribution in [1.29, 1.82) is 0 Å². The van der Waals surface area contributed by atoms with Gasteiger partial charge in [0.15, 0.2) is 0 Å². The van der Waals surface area contributed by atoms with Gasteiger partial charge in [-0.25, -0.2) is 0 Å². The van der Waals surface area contributed by atoms with Crippen molar-refractivity contribution in [2.75, 3.05) is 10.3 Å². The monoisotopic (exact) mass is 311 g/mol. The van der Waals surface area contributed by atoms with Crippen LogP contribution in [0.15, 0.2) is 71.5 Å². The number of carbonyl (C=O) groups is 1. The average molecular weight is 312 g/mol. The van der Waals surface area contributed by atoms with E-state index in [9.17, 15) is 4.79 Å². The highest BCUT2D eigenvalue weighted by Gasteiger charge is 2.28. The zero-order valence-corrected chi connectivity index (χ0v) is 12.7. The third-order valence-corrected chi connectivity index (χ3v) is 3.54. The fraction of sp³-hybridized carbons (Fsp3) is 0.0588. The van der Waals surface area contributed by atoms with Crippen molar-refractivity contribution in [3.8, 4) is 0 Å². The molecule has 1 amide bonds. The number of amides is 1. The molecule has 3 rings (SSSR count). The molecule has 1 N–H and O–H groups in total. The molecule has 110 valence electrons. The van der Waals surface area contributed by atoms with E-state index in [0.717, 1.165) is 5.69 Å². The van der Waals surface area contributed by atoms with Gasteiger partial charge in [-0.1, -0.05) is 29.8 Å². The van der Waals surface area contributed by atoms with Crippen molar-refractivity contribution in [2.45, 2.75) is 6.92 Å². The van der Waals surface area contributed by atoms with Gasteiger partial charge in [0.2, 0.25) is 0 Å². The van der Waals surface area contributed by atoms with Gasteiger partial charge in [-0.05, 0) is 43.3 Å². The summed E-state index contributed by atoms with van der Waals surface area (Å²) < 4.78 is 0. The largest absolute Gasteiger partial charge is 0.361 e. The molecule has 5 heteroatoms. The smallest absolute Gasteiger partial charge is 0.282 e. The molecule has 0 saturated heterocycles. The Morgan fingerprint density at radius 1 is 1.09 bits per heavy atom. The van der Waals surface area contributed by atoms with Crippen LogP contribution >= 0.6 is 11.6 Å². The molecule has 2 aromatic rings. The number of anilines is 2. The number of hydrazone groups is 1. The van der Waals surface area contributed by atoms with Crippen LogP contribution in [0.2, 0.25) is 5.02 Å². The Balaban J connectivity index is 1.82. The van der Waals surface area contributed by atoms with Gasteiger partial charge >= 0.3 is 0 Å². The first kappa shape index (κ1) is 14.4. The Morgan fingerprint density at radius 2 is 1.77 bits per heavy atom. The molecule has 0 unspecified atom stereocenters. The number of hydrogen-bond acceptors (Lipinski definition) is 3. The van der Waals surface area contributed by atoms with E-state index < -0.39 is 0 Å². The van der Waals surface area contributed by atoms with Gasteiger partial charge in [0.25, 0.3) is 5.91 Å². The van der Waals surface area contributed by atoms with Crippen molar-refractivity contribution < 1.29 is 4.79 Å². The maximum atomic E-state index is 12.5. The standard InChI is InChI=1S/C17H14ClN3O/c1-12-16(11-19-14-5-3-2-4-6-14)17(22)21(20-12)15-9-7-13(18)8-10-15/h2-11,19H,1H3. The molecular formula is C17H14ClN3O. The second-order valence-electron chi connectivity index (χ2n) is 4.85. The number of rotatable bonds is 3. The quantitative estimate of drug-likeness (QED) is 0.869. The summed E-state index contributed by atoms with van der Waals surface area (Å²) >= 11 is 5.87. The molecule has 1 aliphatic heterocycles. The maximum absolute atomic E-state index is 12.5. The predicted molar refractivity (Wildman–Crippen MR) is 90.2 cm³/mol. The van der Waals surface area contributed by atoms with Crippen LogP contribution in [0.3, 0.4) is 0 Å². The molecule has 1 aliphatic rings.